The molecule has 1 aliphatic heterocycles. The Balaban J connectivity index is 2.63. The second-order valence-electron chi connectivity index (χ2n) is 6.08. The van der Waals surface area contributed by atoms with Gasteiger partial charge in [-0.2, -0.15) is 0 Å². The summed E-state index contributed by atoms with van der Waals surface area (Å²) >= 11 is 0. The number of carbonyl (C=O) groups is 2. The predicted octanol–water partition coefficient (Wildman–Crippen LogP) is 3.07. The summed E-state index contributed by atoms with van der Waals surface area (Å²) in [6.07, 6.45) is 1.31. The molecule has 28 heavy (non-hydrogen) atoms. The van der Waals surface area contributed by atoms with Gasteiger partial charge in [0.2, 0.25) is 5.75 Å². The average molecular weight is 392 g/mol. The van der Waals surface area contributed by atoms with Gasteiger partial charge in [0, 0.05) is 5.70 Å². The third-order valence-corrected chi connectivity index (χ3v) is 4.25. The summed E-state index contributed by atoms with van der Waals surface area (Å²) in [4.78, 5) is 24.9. The molecule has 0 saturated carbocycles. The van der Waals surface area contributed by atoms with Gasteiger partial charge in [-0.25, -0.2) is 9.59 Å². The van der Waals surface area contributed by atoms with Crippen molar-refractivity contribution < 1.29 is 28.5 Å². The van der Waals surface area contributed by atoms with Gasteiger partial charge >= 0.3 is 12.0 Å². The van der Waals surface area contributed by atoms with E-state index in [9.17, 15) is 9.59 Å². The van der Waals surface area contributed by atoms with Crippen LogP contribution in [0.25, 0.3) is 0 Å². The van der Waals surface area contributed by atoms with Gasteiger partial charge in [-0.1, -0.05) is 13.3 Å². The zero-order valence-electron chi connectivity index (χ0n) is 17.0. The van der Waals surface area contributed by atoms with Gasteiger partial charge < -0.3 is 29.6 Å². The van der Waals surface area contributed by atoms with E-state index in [0.29, 0.717) is 47.1 Å². The maximum absolute atomic E-state index is 12.7. The molecule has 0 spiro atoms. The number of esters is 1. The molecule has 8 nitrogen and oxygen atoms in total. The molecule has 0 aromatic heterocycles. The van der Waals surface area contributed by atoms with E-state index in [1.165, 1.54) is 14.2 Å². The van der Waals surface area contributed by atoms with E-state index in [0.717, 1.165) is 6.42 Å². The zero-order valence-corrected chi connectivity index (χ0v) is 17.0. The summed E-state index contributed by atoms with van der Waals surface area (Å²) in [5.74, 6) is 0.885. The van der Waals surface area contributed by atoms with Crippen molar-refractivity contribution in [3.8, 4) is 17.2 Å². The molecule has 0 fully saturated rings. The number of urea groups is 1. The van der Waals surface area contributed by atoms with E-state index >= 15 is 0 Å². The molecule has 1 aromatic carbocycles. The first-order valence-corrected chi connectivity index (χ1v) is 9.36. The van der Waals surface area contributed by atoms with Crippen molar-refractivity contribution in [1.29, 1.82) is 0 Å². The van der Waals surface area contributed by atoms with Crippen molar-refractivity contribution in [3.63, 3.8) is 0 Å². The zero-order chi connectivity index (χ0) is 20.7. The van der Waals surface area contributed by atoms with Crippen LogP contribution in [-0.4, -0.2) is 39.4 Å². The second kappa shape index (κ2) is 9.87. The highest BCUT2D eigenvalue weighted by Gasteiger charge is 2.34. The fraction of sp³-hybridized carbons (Fsp3) is 0.500. The van der Waals surface area contributed by atoms with Crippen LogP contribution >= 0.6 is 0 Å². The first kappa shape index (κ1) is 21.4. The van der Waals surface area contributed by atoms with Crippen LogP contribution < -0.4 is 24.8 Å². The number of nitrogens with one attached hydrogen (secondary N) is 2. The first-order chi connectivity index (χ1) is 13.5. The van der Waals surface area contributed by atoms with Gasteiger partial charge in [0.25, 0.3) is 0 Å². The third-order valence-electron chi connectivity index (χ3n) is 4.25. The van der Waals surface area contributed by atoms with Gasteiger partial charge in [-0.15, -0.1) is 0 Å². The molecule has 0 radical (unpaired) electrons. The molecule has 1 heterocycles. The van der Waals surface area contributed by atoms with E-state index < -0.39 is 12.0 Å². The van der Waals surface area contributed by atoms with Gasteiger partial charge in [0.15, 0.2) is 11.5 Å². The highest BCUT2D eigenvalue weighted by molar-refractivity contribution is 5.95. The number of allylic oxidation sites excluding steroid dienone is 1. The Labute approximate surface area is 165 Å². The summed E-state index contributed by atoms with van der Waals surface area (Å²) in [6.45, 7) is 6.24. The van der Waals surface area contributed by atoms with E-state index in [2.05, 4.69) is 10.6 Å². The summed E-state index contributed by atoms with van der Waals surface area (Å²) < 4.78 is 21.8. The predicted molar refractivity (Wildman–Crippen MR) is 104 cm³/mol. The van der Waals surface area contributed by atoms with Gasteiger partial charge in [0.1, 0.15) is 0 Å². The van der Waals surface area contributed by atoms with Gasteiger partial charge in [-0.3, -0.25) is 0 Å². The summed E-state index contributed by atoms with van der Waals surface area (Å²) in [6, 6.07) is 2.38. The van der Waals surface area contributed by atoms with Crippen molar-refractivity contribution in [3.05, 3.63) is 29.0 Å². The number of rotatable bonds is 9. The molecule has 154 valence electrons. The van der Waals surface area contributed by atoms with Crippen LogP contribution in [-0.2, 0) is 9.53 Å². The normalized spacial score (nSPS) is 16.2. The Bertz CT molecular complexity index is 734. The molecule has 0 bridgehead atoms. The lowest BCUT2D eigenvalue weighted by molar-refractivity contribution is -0.139. The minimum absolute atomic E-state index is 0.234. The van der Waals surface area contributed by atoms with Crippen LogP contribution in [0.5, 0.6) is 17.2 Å². The topological polar surface area (TPSA) is 95.1 Å². The summed E-state index contributed by atoms with van der Waals surface area (Å²) in [5, 5.41) is 5.54. The molecular weight excluding hydrogens is 364 g/mol. The molecule has 1 aromatic rings. The van der Waals surface area contributed by atoms with Crippen molar-refractivity contribution in [2.75, 3.05) is 27.4 Å². The lowest BCUT2D eigenvalue weighted by Gasteiger charge is -2.30. The standard InChI is InChI=1S/C20H28N2O6/c1-6-9-13-16(19(23)28-8-3)17(22-20(24)21-13)12-10-14(25-4)18(27-7-2)15(11-12)26-5/h10-11,17H,6-9H2,1-5H3,(H2,21,22,24). The Hall–Kier alpha value is -2.90. The quantitative estimate of drug-likeness (QED) is 0.627. The summed E-state index contributed by atoms with van der Waals surface area (Å²) in [7, 11) is 3.04. The molecule has 0 saturated heterocycles. The minimum atomic E-state index is -0.701. The second-order valence-corrected chi connectivity index (χ2v) is 6.08. The molecule has 0 aliphatic carbocycles. The van der Waals surface area contributed by atoms with Crippen molar-refractivity contribution in [1.82, 2.24) is 10.6 Å². The van der Waals surface area contributed by atoms with Crippen LogP contribution in [0.15, 0.2) is 23.4 Å². The Kier molecular flexibility index (Phi) is 7.54. The van der Waals surface area contributed by atoms with Crippen LogP contribution in [0.3, 0.4) is 0 Å². The highest BCUT2D eigenvalue weighted by atomic mass is 16.5. The average Bonchev–Trinajstić information content (AvgIpc) is 2.68. The number of benzene rings is 1. The van der Waals surface area contributed by atoms with Crippen LogP contribution in [0, 0.1) is 0 Å². The molecular formula is C20H28N2O6. The molecule has 1 aliphatic rings. The molecule has 2 rings (SSSR count). The smallest absolute Gasteiger partial charge is 0.338 e. The van der Waals surface area contributed by atoms with Crippen molar-refractivity contribution in [2.45, 2.75) is 39.7 Å². The van der Waals surface area contributed by atoms with Crippen molar-refractivity contribution in [2.24, 2.45) is 0 Å². The Morgan fingerprint density at radius 2 is 1.71 bits per heavy atom. The number of methoxy groups -OCH3 is 2. The number of carbonyl (C=O) groups excluding carboxylic acids is 2. The maximum atomic E-state index is 12.7. The third kappa shape index (κ3) is 4.49. The number of hydrogen-bond donors (Lipinski definition) is 2. The molecule has 1 unspecified atom stereocenters. The molecule has 2 amide bonds. The van der Waals surface area contributed by atoms with Gasteiger partial charge in [-0.05, 0) is 38.0 Å². The molecule has 1 atom stereocenters. The molecule has 2 N–H and O–H groups in total. The Morgan fingerprint density at radius 1 is 1.07 bits per heavy atom. The number of amides is 2. The van der Waals surface area contributed by atoms with Crippen LogP contribution in [0.1, 0.15) is 45.2 Å². The van der Waals surface area contributed by atoms with Crippen LogP contribution in [0.4, 0.5) is 4.79 Å². The lowest BCUT2D eigenvalue weighted by Crippen LogP contribution is -2.46. The SMILES string of the molecule is CCCC1=C(C(=O)OCC)C(c2cc(OC)c(OCC)c(OC)c2)NC(=O)N1. The maximum Gasteiger partial charge on any atom is 0.338 e. The fourth-order valence-corrected chi connectivity index (χ4v) is 3.12. The first-order valence-electron chi connectivity index (χ1n) is 9.36. The molecule has 8 heteroatoms. The highest BCUT2D eigenvalue weighted by Crippen LogP contribution is 2.42. The van der Waals surface area contributed by atoms with E-state index in [4.69, 9.17) is 18.9 Å². The monoisotopic (exact) mass is 392 g/mol. The Morgan fingerprint density at radius 3 is 2.21 bits per heavy atom. The minimum Gasteiger partial charge on any atom is -0.493 e. The van der Waals surface area contributed by atoms with E-state index in [-0.39, 0.29) is 12.6 Å². The van der Waals surface area contributed by atoms with Crippen LogP contribution in [0.2, 0.25) is 0 Å². The number of ether oxygens (including phenoxy) is 4. The number of hydrogen-bond acceptors (Lipinski definition) is 6. The fourth-order valence-electron chi connectivity index (χ4n) is 3.12. The summed E-state index contributed by atoms with van der Waals surface area (Å²) in [5.41, 5.74) is 1.56. The largest absolute Gasteiger partial charge is 0.493 e. The van der Waals surface area contributed by atoms with E-state index in [1.54, 1.807) is 19.1 Å². The van der Waals surface area contributed by atoms with Gasteiger partial charge in [0.05, 0.1) is 39.0 Å². The lowest BCUT2D eigenvalue weighted by atomic mass is 9.93. The van der Waals surface area contributed by atoms with E-state index in [1.807, 2.05) is 13.8 Å². The van der Waals surface area contributed by atoms with Crippen molar-refractivity contribution >= 4 is 12.0 Å².